The van der Waals surface area contributed by atoms with Crippen LogP contribution in [0.4, 0.5) is 4.39 Å². The van der Waals surface area contributed by atoms with Crippen molar-refractivity contribution in [3.05, 3.63) is 47.3 Å². The van der Waals surface area contributed by atoms with Gasteiger partial charge in [0.15, 0.2) is 5.82 Å². The number of aromatic nitrogens is 8. The molecule has 1 saturated carbocycles. The molecule has 0 aliphatic heterocycles. The predicted molar refractivity (Wildman–Crippen MR) is 89.6 cm³/mol. The summed E-state index contributed by atoms with van der Waals surface area (Å²) in [6.45, 7) is 1.91. The van der Waals surface area contributed by atoms with E-state index >= 15 is 0 Å². The summed E-state index contributed by atoms with van der Waals surface area (Å²) in [6.07, 6.45) is 2.33. The molecule has 140 valence electrons. The highest BCUT2D eigenvalue weighted by molar-refractivity contribution is 5.80. The second kappa shape index (κ2) is 7.17. The summed E-state index contributed by atoms with van der Waals surface area (Å²) >= 11 is 0. The van der Waals surface area contributed by atoms with Crippen LogP contribution in [0.3, 0.4) is 0 Å². The maximum Gasteiger partial charge on any atom is 0.245 e. The summed E-state index contributed by atoms with van der Waals surface area (Å²) < 4.78 is 16.7. The third-order valence-electron chi connectivity index (χ3n) is 4.45. The maximum absolute atomic E-state index is 13.5. The topological polar surface area (TPSA) is 116 Å². The number of carbonyl (C=O) groups excluding carboxylic acids is 1. The number of nitrogens with one attached hydrogen (secondary N) is 1. The number of aryl methyl sites for hydroxylation is 1. The summed E-state index contributed by atoms with van der Waals surface area (Å²) in [5.74, 6) is 0.446. The first kappa shape index (κ1) is 17.2. The molecule has 1 fully saturated rings. The molecule has 0 bridgehead atoms. The average molecular weight is 371 g/mol. The molecule has 1 aromatic carbocycles. The van der Waals surface area contributed by atoms with Crippen LogP contribution in [0.25, 0.3) is 0 Å². The van der Waals surface area contributed by atoms with Crippen LogP contribution in [-0.2, 0) is 17.8 Å². The van der Waals surface area contributed by atoms with Gasteiger partial charge in [0, 0.05) is 6.42 Å². The van der Waals surface area contributed by atoms with Crippen molar-refractivity contribution in [2.24, 2.45) is 0 Å². The average Bonchev–Trinajstić information content (AvgIpc) is 3.24. The molecule has 1 atom stereocenters. The van der Waals surface area contributed by atoms with Crippen LogP contribution < -0.4 is 5.32 Å². The molecule has 0 radical (unpaired) electrons. The molecule has 4 rings (SSSR count). The molecule has 10 nitrogen and oxygen atoms in total. The van der Waals surface area contributed by atoms with Crippen molar-refractivity contribution in [1.29, 1.82) is 0 Å². The second-order valence-corrected chi connectivity index (χ2v) is 6.51. The number of benzene rings is 1. The van der Waals surface area contributed by atoms with E-state index in [1.54, 1.807) is 23.7 Å². The van der Waals surface area contributed by atoms with Crippen molar-refractivity contribution in [2.45, 2.75) is 44.8 Å². The highest BCUT2D eigenvalue weighted by Crippen LogP contribution is 2.34. The summed E-state index contributed by atoms with van der Waals surface area (Å²) in [5, 5.41) is 25.8. The molecular formula is C16H18FN9O. The van der Waals surface area contributed by atoms with E-state index in [4.69, 9.17) is 0 Å². The minimum absolute atomic E-state index is 0.198. The van der Waals surface area contributed by atoms with Gasteiger partial charge in [0.25, 0.3) is 0 Å². The Morgan fingerprint density at radius 1 is 1.30 bits per heavy atom. The SMILES string of the molecule is Cc1nnnn1C(Cc1cccc(F)c1)C(=O)NCc1nnnn1C1CC1. The molecule has 11 heteroatoms. The van der Waals surface area contributed by atoms with Crippen LogP contribution >= 0.6 is 0 Å². The van der Waals surface area contributed by atoms with Crippen molar-refractivity contribution in [3.8, 4) is 0 Å². The number of rotatable bonds is 7. The van der Waals surface area contributed by atoms with Gasteiger partial charge in [-0.1, -0.05) is 12.1 Å². The van der Waals surface area contributed by atoms with E-state index in [2.05, 4.69) is 36.4 Å². The zero-order chi connectivity index (χ0) is 18.8. The molecule has 0 spiro atoms. The Kier molecular flexibility index (Phi) is 4.57. The normalized spacial score (nSPS) is 14.9. The lowest BCUT2D eigenvalue weighted by molar-refractivity contribution is -0.124. The van der Waals surface area contributed by atoms with Crippen molar-refractivity contribution in [2.75, 3.05) is 0 Å². The Morgan fingerprint density at radius 2 is 2.11 bits per heavy atom. The van der Waals surface area contributed by atoms with Gasteiger partial charge in [-0.2, -0.15) is 0 Å². The van der Waals surface area contributed by atoms with Gasteiger partial charge in [0.1, 0.15) is 17.7 Å². The molecule has 1 aliphatic rings. The first-order chi connectivity index (χ1) is 13.1. The molecule has 1 aliphatic carbocycles. The lowest BCUT2D eigenvalue weighted by Crippen LogP contribution is -2.35. The van der Waals surface area contributed by atoms with Crippen LogP contribution in [0.15, 0.2) is 24.3 Å². The van der Waals surface area contributed by atoms with Gasteiger partial charge in [-0.25, -0.2) is 13.8 Å². The van der Waals surface area contributed by atoms with Gasteiger partial charge in [0.05, 0.1) is 12.6 Å². The largest absolute Gasteiger partial charge is 0.347 e. The number of hydrogen-bond acceptors (Lipinski definition) is 7. The van der Waals surface area contributed by atoms with Gasteiger partial charge >= 0.3 is 0 Å². The first-order valence-corrected chi connectivity index (χ1v) is 8.65. The van der Waals surface area contributed by atoms with E-state index in [0.717, 1.165) is 12.8 Å². The number of halogens is 1. The van der Waals surface area contributed by atoms with E-state index < -0.39 is 6.04 Å². The van der Waals surface area contributed by atoms with E-state index in [1.165, 1.54) is 16.8 Å². The van der Waals surface area contributed by atoms with Crippen molar-refractivity contribution < 1.29 is 9.18 Å². The standard InChI is InChI=1S/C16H18FN9O/c1-10-19-21-23-25(10)14(8-11-3-2-4-12(17)7-11)16(27)18-9-15-20-22-24-26(15)13-5-6-13/h2-4,7,13-14H,5-6,8-9H2,1H3,(H,18,27). The van der Waals surface area contributed by atoms with Crippen LogP contribution in [0.5, 0.6) is 0 Å². The zero-order valence-electron chi connectivity index (χ0n) is 14.7. The first-order valence-electron chi connectivity index (χ1n) is 8.65. The number of carbonyl (C=O) groups is 1. The van der Waals surface area contributed by atoms with Gasteiger partial charge in [-0.3, -0.25) is 4.79 Å². The molecule has 0 saturated heterocycles. The second-order valence-electron chi connectivity index (χ2n) is 6.51. The van der Waals surface area contributed by atoms with Crippen LogP contribution in [-0.4, -0.2) is 46.3 Å². The Bertz CT molecular complexity index is 949. The molecular weight excluding hydrogens is 353 g/mol. The third-order valence-corrected chi connectivity index (χ3v) is 4.45. The number of nitrogens with zero attached hydrogens (tertiary/aromatic N) is 8. The fraction of sp³-hybridized carbons (Fsp3) is 0.438. The monoisotopic (exact) mass is 371 g/mol. The molecule has 1 N–H and O–H groups in total. The molecule has 2 heterocycles. The van der Waals surface area contributed by atoms with Crippen molar-refractivity contribution >= 4 is 5.91 Å². The highest BCUT2D eigenvalue weighted by Gasteiger charge is 2.29. The smallest absolute Gasteiger partial charge is 0.245 e. The van der Waals surface area contributed by atoms with Gasteiger partial charge < -0.3 is 5.32 Å². The van der Waals surface area contributed by atoms with Crippen LogP contribution in [0.2, 0.25) is 0 Å². The minimum Gasteiger partial charge on any atom is -0.347 e. The Hall–Kier alpha value is -3.24. The molecule has 27 heavy (non-hydrogen) atoms. The van der Waals surface area contributed by atoms with E-state index in [0.29, 0.717) is 23.3 Å². The maximum atomic E-state index is 13.5. The summed E-state index contributed by atoms with van der Waals surface area (Å²) in [5.41, 5.74) is 0.674. The minimum atomic E-state index is -0.716. The number of hydrogen-bond donors (Lipinski definition) is 1. The van der Waals surface area contributed by atoms with Gasteiger partial charge in [0.2, 0.25) is 5.91 Å². The number of amides is 1. The van der Waals surface area contributed by atoms with E-state index in [9.17, 15) is 9.18 Å². The van der Waals surface area contributed by atoms with Crippen molar-refractivity contribution in [1.82, 2.24) is 45.7 Å². The van der Waals surface area contributed by atoms with Crippen LogP contribution in [0.1, 0.15) is 42.1 Å². The Morgan fingerprint density at radius 3 is 2.81 bits per heavy atom. The number of tetrazole rings is 2. The zero-order valence-corrected chi connectivity index (χ0v) is 14.7. The fourth-order valence-corrected chi connectivity index (χ4v) is 2.92. The Labute approximate surface area is 153 Å². The lowest BCUT2D eigenvalue weighted by Gasteiger charge is -2.17. The lowest BCUT2D eigenvalue weighted by atomic mass is 10.1. The third kappa shape index (κ3) is 3.81. The molecule has 2 aromatic heterocycles. The fourth-order valence-electron chi connectivity index (χ4n) is 2.92. The van der Waals surface area contributed by atoms with Crippen molar-refractivity contribution in [3.63, 3.8) is 0 Å². The quantitative estimate of drug-likeness (QED) is 0.644. The van der Waals surface area contributed by atoms with Gasteiger partial charge in [-0.15, -0.1) is 10.2 Å². The summed E-state index contributed by atoms with van der Waals surface area (Å²) in [4.78, 5) is 12.9. The highest BCUT2D eigenvalue weighted by atomic mass is 19.1. The molecule has 1 unspecified atom stereocenters. The predicted octanol–water partition coefficient (Wildman–Crippen LogP) is 0.542. The Balaban J connectivity index is 1.51. The molecule has 1 amide bonds. The summed E-state index contributed by atoms with van der Waals surface area (Å²) in [7, 11) is 0. The summed E-state index contributed by atoms with van der Waals surface area (Å²) in [6, 6.07) is 5.72. The van der Waals surface area contributed by atoms with Gasteiger partial charge in [-0.05, 0) is 58.3 Å². The van der Waals surface area contributed by atoms with E-state index in [-0.39, 0.29) is 24.7 Å². The van der Waals surface area contributed by atoms with Crippen LogP contribution in [0, 0.1) is 12.7 Å². The molecule has 3 aromatic rings. The van der Waals surface area contributed by atoms with E-state index in [1.807, 2.05) is 0 Å².